The lowest BCUT2D eigenvalue weighted by atomic mass is 10.0. The lowest BCUT2D eigenvalue weighted by Crippen LogP contribution is -2.40. The third-order valence-corrected chi connectivity index (χ3v) is 4.45. The molecule has 23 heavy (non-hydrogen) atoms. The monoisotopic (exact) mass is 315 g/mol. The fraction of sp³-hybridized carbons (Fsp3) is 0.471. The second kappa shape index (κ2) is 6.40. The summed E-state index contributed by atoms with van der Waals surface area (Å²) in [4.78, 5) is 26.2. The zero-order chi connectivity index (χ0) is 16.4. The average molecular weight is 315 g/mol. The molecule has 2 heterocycles. The van der Waals surface area contributed by atoms with Crippen molar-refractivity contribution < 1.29 is 14.3 Å². The van der Waals surface area contributed by atoms with Crippen molar-refractivity contribution in [3.05, 3.63) is 29.8 Å². The molecule has 2 aliphatic rings. The van der Waals surface area contributed by atoms with Crippen LogP contribution in [0.5, 0.6) is 5.75 Å². The molecule has 0 radical (unpaired) electrons. The van der Waals surface area contributed by atoms with E-state index in [1.165, 1.54) is 5.01 Å². The first kappa shape index (κ1) is 15.5. The van der Waals surface area contributed by atoms with Gasteiger partial charge in [0, 0.05) is 26.4 Å². The number of hydrazone groups is 1. The molecule has 0 saturated carbocycles. The van der Waals surface area contributed by atoms with E-state index < -0.39 is 0 Å². The van der Waals surface area contributed by atoms with Gasteiger partial charge in [-0.15, -0.1) is 0 Å². The van der Waals surface area contributed by atoms with Crippen LogP contribution in [0.1, 0.15) is 37.3 Å². The molecule has 1 fully saturated rings. The van der Waals surface area contributed by atoms with Crippen molar-refractivity contribution in [3.63, 3.8) is 0 Å². The fourth-order valence-corrected chi connectivity index (χ4v) is 3.19. The highest BCUT2D eigenvalue weighted by Crippen LogP contribution is 2.34. The Morgan fingerprint density at radius 2 is 2.17 bits per heavy atom. The molecule has 2 amide bonds. The van der Waals surface area contributed by atoms with Crippen LogP contribution in [0.4, 0.5) is 0 Å². The van der Waals surface area contributed by atoms with E-state index in [0.717, 1.165) is 30.7 Å². The van der Waals surface area contributed by atoms with E-state index >= 15 is 0 Å². The van der Waals surface area contributed by atoms with Crippen molar-refractivity contribution in [1.82, 2.24) is 9.91 Å². The summed E-state index contributed by atoms with van der Waals surface area (Å²) in [7, 11) is 3.23. The molecule has 3 rings (SSSR count). The van der Waals surface area contributed by atoms with E-state index in [1.807, 2.05) is 29.2 Å². The van der Waals surface area contributed by atoms with Gasteiger partial charge in [-0.2, -0.15) is 5.10 Å². The van der Waals surface area contributed by atoms with Crippen molar-refractivity contribution in [2.24, 2.45) is 5.10 Å². The smallest absolute Gasteiger partial charge is 0.270 e. The zero-order valence-electron chi connectivity index (χ0n) is 13.5. The first-order valence-electron chi connectivity index (χ1n) is 7.89. The summed E-state index contributed by atoms with van der Waals surface area (Å²) >= 11 is 0. The molecule has 6 nitrogen and oxygen atoms in total. The number of ether oxygens (including phenoxy) is 1. The van der Waals surface area contributed by atoms with E-state index in [1.54, 1.807) is 14.2 Å². The molecule has 0 bridgehead atoms. The molecule has 0 aliphatic carbocycles. The van der Waals surface area contributed by atoms with Gasteiger partial charge >= 0.3 is 0 Å². The number of nitrogens with zero attached hydrogens (tertiary/aromatic N) is 3. The van der Waals surface area contributed by atoms with Crippen LogP contribution >= 0.6 is 0 Å². The predicted octanol–water partition coefficient (Wildman–Crippen LogP) is 1.97. The van der Waals surface area contributed by atoms with Gasteiger partial charge in [0.25, 0.3) is 5.91 Å². The standard InChI is InChI=1S/C17H21N3O3/c1-19-16(21)9-8-14(18-19)17(22)20-10-4-7-15(20)12-5-3-6-13(11-12)23-2/h3,5-6,11,15H,4,7-10H2,1-2H3. The minimum absolute atomic E-state index is 0.0447. The summed E-state index contributed by atoms with van der Waals surface area (Å²) < 4.78 is 5.28. The van der Waals surface area contributed by atoms with Crippen LogP contribution in [-0.2, 0) is 9.59 Å². The molecular weight excluding hydrogens is 294 g/mol. The molecule has 1 atom stereocenters. The van der Waals surface area contributed by atoms with Crippen LogP contribution in [0, 0.1) is 0 Å². The van der Waals surface area contributed by atoms with Crippen LogP contribution in [0.15, 0.2) is 29.4 Å². The van der Waals surface area contributed by atoms with Crippen molar-refractivity contribution in [2.45, 2.75) is 31.7 Å². The van der Waals surface area contributed by atoms with Gasteiger partial charge in [-0.05, 0) is 30.5 Å². The number of hydrogen-bond acceptors (Lipinski definition) is 4. The first-order chi connectivity index (χ1) is 11.1. The average Bonchev–Trinajstić information content (AvgIpc) is 3.06. The number of likely N-dealkylation sites (tertiary alicyclic amines) is 1. The Hall–Kier alpha value is -2.37. The Bertz CT molecular complexity index is 656. The lowest BCUT2D eigenvalue weighted by Gasteiger charge is -2.28. The van der Waals surface area contributed by atoms with Crippen LogP contribution in [0.25, 0.3) is 0 Å². The van der Waals surface area contributed by atoms with Crippen molar-refractivity contribution in [1.29, 1.82) is 0 Å². The van der Waals surface area contributed by atoms with Gasteiger partial charge in [0.15, 0.2) is 0 Å². The third kappa shape index (κ3) is 3.06. The van der Waals surface area contributed by atoms with Crippen molar-refractivity contribution in [3.8, 4) is 5.75 Å². The Morgan fingerprint density at radius 1 is 1.35 bits per heavy atom. The van der Waals surface area contributed by atoms with Gasteiger partial charge in [0.2, 0.25) is 5.91 Å². The zero-order valence-corrected chi connectivity index (χ0v) is 13.5. The Kier molecular flexibility index (Phi) is 4.32. The number of hydrogen-bond donors (Lipinski definition) is 0. The van der Waals surface area contributed by atoms with Crippen molar-refractivity contribution in [2.75, 3.05) is 20.7 Å². The Balaban J connectivity index is 1.82. The topological polar surface area (TPSA) is 62.2 Å². The predicted molar refractivity (Wildman–Crippen MR) is 86.1 cm³/mol. The van der Waals surface area contributed by atoms with Gasteiger partial charge in [-0.25, -0.2) is 5.01 Å². The normalized spacial score (nSPS) is 21.4. The van der Waals surface area contributed by atoms with E-state index in [2.05, 4.69) is 5.10 Å². The Morgan fingerprint density at radius 3 is 2.91 bits per heavy atom. The van der Waals surface area contributed by atoms with Gasteiger partial charge in [-0.1, -0.05) is 12.1 Å². The highest BCUT2D eigenvalue weighted by molar-refractivity contribution is 6.39. The van der Waals surface area contributed by atoms with E-state index in [4.69, 9.17) is 4.74 Å². The van der Waals surface area contributed by atoms with E-state index in [9.17, 15) is 9.59 Å². The summed E-state index contributed by atoms with van der Waals surface area (Å²) in [6, 6.07) is 7.89. The molecule has 122 valence electrons. The van der Waals surface area contributed by atoms with Gasteiger partial charge in [0.05, 0.1) is 13.2 Å². The molecule has 1 unspecified atom stereocenters. The molecule has 0 aromatic heterocycles. The number of methoxy groups -OCH3 is 1. The second-order valence-electron chi connectivity index (χ2n) is 5.90. The molecule has 1 aromatic carbocycles. The summed E-state index contributed by atoms with van der Waals surface area (Å²) in [6.45, 7) is 0.720. The van der Waals surface area contributed by atoms with E-state index in [-0.39, 0.29) is 17.9 Å². The molecule has 6 heteroatoms. The maximum absolute atomic E-state index is 12.8. The summed E-state index contributed by atoms with van der Waals surface area (Å²) in [5, 5.41) is 5.43. The highest BCUT2D eigenvalue weighted by atomic mass is 16.5. The number of rotatable bonds is 3. The van der Waals surface area contributed by atoms with Crippen LogP contribution in [-0.4, -0.2) is 48.1 Å². The summed E-state index contributed by atoms with van der Waals surface area (Å²) in [5.41, 5.74) is 1.55. The number of amides is 2. The van der Waals surface area contributed by atoms with Crippen LogP contribution in [0.3, 0.4) is 0 Å². The van der Waals surface area contributed by atoms with Gasteiger partial charge in [0.1, 0.15) is 11.5 Å². The maximum atomic E-state index is 12.8. The minimum Gasteiger partial charge on any atom is -0.497 e. The number of carbonyl (C=O) groups excluding carboxylic acids is 2. The van der Waals surface area contributed by atoms with Gasteiger partial charge < -0.3 is 9.64 Å². The lowest BCUT2D eigenvalue weighted by molar-refractivity contribution is -0.130. The van der Waals surface area contributed by atoms with Crippen molar-refractivity contribution >= 4 is 17.5 Å². The highest BCUT2D eigenvalue weighted by Gasteiger charge is 2.34. The molecule has 0 N–H and O–H groups in total. The molecular formula is C17H21N3O3. The molecule has 1 saturated heterocycles. The fourth-order valence-electron chi connectivity index (χ4n) is 3.19. The van der Waals surface area contributed by atoms with Crippen LogP contribution < -0.4 is 4.74 Å². The largest absolute Gasteiger partial charge is 0.497 e. The quantitative estimate of drug-likeness (QED) is 0.856. The van der Waals surface area contributed by atoms with Gasteiger partial charge in [-0.3, -0.25) is 9.59 Å². The third-order valence-electron chi connectivity index (χ3n) is 4.45. The number of carbonyl (C=O) groups is 2. The maximum Gasteiger partial charge on any atom is 0.270 e. The Labute approximate surface area is 135 Å². The molecule has 0 spiro atoms. The first-order valence-corrected chi connectivity index (χ1v) is 7.89. The number of benzene rings is 1. The molecule has 1 aromatic rings. The van der Waals surface area contributed by atoms with Crippen LogP contribution in [0.2, 0.25) is 0 Å². The molecule has 2 aliphatic heterocycles. The minimum atomic E-state index is -0.0605. The SMILES string of the molecule is COc1cccc(C2CCCN2C(=O)C2=NN(C)C(=O)CC2)c1. The summed E-state index contributed by atoms with van der Waals surface area (Å²) in [6.07, 6.45) is 2.67. The van der Waals surface area contributed by atoms with E-state index in [0.29, 0.717) is 18.6 Å². The second-order valence-corrected chi connectivity index (χ2v) is 5.90. The summed E-state index contributed by atoms with van der Waals surface area (Å²) in [5.74, 6) is 0.684.